The maximum Gasteiger partial charge on any atom is 0.253 e. The molecule has 0 heterocycles. The third-order valence-electron chi connectivity index (χ3n) is 4.98. The Balaban J connectivity index is 1.74. The van der Waals surface area contributed by atoms with Crippen LogP contribution in [0.3, 0.4) is 0 Å². The molecule has 29 heavy (non-hydrogen) atoms. The van der Waals surface area contributed by atoms with Crippen LogP contribution < -0.4 is 11.1 Å². The Hall–Kier alpha value is -3.18. The summed E-state index contributed by atoms with van der Waals surface area (Å²) in [6.07, 6.45) is 0.323. The standard InChI is InChI=1S/C24H19BrN2O2/c25-18-9-5-6-15(12-18)13-21(23(26)28)27-24(29)22-19-10-3-1-7-16(19)14-17-8-2-4-11-20(17)22/h1-12,14,21H,13H2,(H2,26,28)(H,27,29)/t21-/m0/s1. The monoisotopic (exact) mass is 446 g/mol. The zero-order valence-corrected chi connectivity index (χ0v) is 17.1. The number of carbonyl (C=O) groups excluding carboxylic acids is 2. The average Bonchev–Trinajstić information content (AvgIpc) is 2.71. The molecule has 4 nitrogen and oxygen atoms in total. The smallest absolute Gasteiger partial charge is 0.253 e. The highest BCUT2D eigenvalue weighted by molar-refractivity contribution is 9.10. The minimum absolute atomic E-state index is 0.309. The molecule has 0 bridgehead atoms. The van der Waals surface area contributed by atoms with Gasteiger partial charge >= 0.3 is 0 Å². The molecule has 1 atom stereocenters. The summed E-state index contributed by atoms with van der Waals surface area (Å²) in [6, 6.07) is 24.4. The van der Waals surface area contributed by atoms with Crippen LogP contribution in [0.4, 0.5) is 0 Å². The van der Waals surface area contributed by atoms with Gasteiger partial charge in [0.1, 0.15) is 6.04 Å². The quantitative estimate of drug-likeness (QED) is 0.440. The molecular weight excluding hydrogens is 428 g/mol. The third kappa shape index (κ3) is 4.00. The van der Waals surface area contributed by atoms with E-state index < -0.39 is 11.9 Å². The number of carbonyl (C=O) groups is 2. The van der Waals surface area contributed by atoms with Crippen LogP contribution >= 0.6 is 15.9 Å². The molecule has 0 aliphatic rings. The lowest BCUT2D eigenvalue weighted by molar-refractivity contribution is -0.119. The summed E-state index contributed by atoms with van der Waals surface area (Å²) in [6.45, 7) is 0. The SMILES string of the molecule is NC(=O)[C@H](Cc1cccc(Br)c1)NC(=O)c1c2ccccc2cc2ccccc12. The van der Waals surface area contributed by atoms with E-state index in [1.807, 2.05) is 72.8 Å². The maximum absolute atomic E-state index is 13.3. The number of amides is 2. The van der Waals surface area contributed by atoms with Crippen molar-refractivity contribution in [2.45, 2.75) is 12.5 Å². The Morgan fingerprint density at radius 1 is 0.862 bits per heavy atom. The normalized spacial score (nSPS) is 12.0. The molecule has 0 fully saturated rings. The number of benzene rings is 4. The number of fused-ring (bicyclic) bond motifs is 2. The highest BCUT2D eigenvalue weighted by Gasteiger charge is 2.22. The fraction of sp³-hybridized carbons (Fsp3) is 0.0833. The minimum atomic E-state index is -0.811. The second-order valence-electron chi connectivity index (χ2n) is 6.96. The summed E-state index contributed by atoms with van der Waals surface area (Å²) in [5.74, 6) is -0.875. The number of nitrogens with one attached hydrogen (secondary N) is 1. The molecule has 3 N–H and O–H groups in total. The van der Waals surface area contributed by atoms with Crippen molar-refractivity contribution < 1.29 is 9.59 Å². The Bertz CT molecular complexity index is 1180. The van der Waals surface area contributed by atoms with E-state index in [1.165, 1.54) is 0 Å². The Morgan fingerprint density at radius 3 is 2.07 bits per heavy atom. The van der Waals surface area contributed by atoms with Crippen molar-refractivity contribution in [3.8, 4) is 0 Å². The van der Waals surface area contributed by atoms with Crippen molar-refractivity contribution in [1.29, 1.82) is 0 Å². The highest BCUT2D eigenvalue weighted by Crippen LogP contribution is 2.28. The third-order valence-corrected chi connectivity index (χ3v) is 5.47. The first-order valence-corrected chi connectivity index (χ1v) is 10.1. The summed E-state index contributed by atoms with van der Waals surface area (Å²) in [7, 11) is 0. The maximum atomic E-state index is 13.3. The van der Waals surface area contributed by atoms with Crippen molar-refractivity contribution in [3.63, 3.8) is 0 Å². The van der Waals surface area contributed by atoms with Gasteiger partial charge in [-0.05, 0) is 45.3 Å². The van der Waals surface area contributed by atoms with E-state index in [2.05, 4.69) is 27.3 Å². The lowest BCUT2D eigenvalue weighted by Crippen LogP contribution is -2.46. The van der Waals surface area contributed by atoms with Crippen LogP contribution in [0.5, 0.6) is 0 Å². The predicted molar refractivity (Wildman–Crippen MR) is 120 cm³/mol. The molecule has 144 valence electrons. The molecule has 4 aromatic rings. The van der Waals surface area contributed by atoms with Gasteiger partial charge in [-0.1, -0.05) is 76.6 Å². The van der Waals surface area contributed by atoms with Gasteiger partial charge in [0, 0.05) is 10.9 Å². The first-order valence-electron chi connectivity index (χ1n) is 9.28. The van der Waals surface area contributed by atoms with Gasteiger partial charge < -0.3 is 11.1 Å². The lowest BCUT2D eigenvalue weighted by atomic mass is 9.95. The van der Waals surface area contributed by atoms with Crippen LogP contribution in [-0.2, 0) is 11.2 Å². The Kier molecular flexibility index (Phi) is 5.32. The summed E-state index contributed by atoms with van der Waals surface area (Å²) in [5.41, 5.74) is 7.07. The molecule has 0 aliphatic carbocycles. The van der Waals surface area contributed by atoms with Gasteiger partial charge in [-0.2, -0.15) is 0 Å². The van der Waals surface area contributed by atoms with Gasteiger partial charge in [0.2, 0.25) is 5.91 Å². The molecule has 0 aromatic heterocycles. The van der Waals surface area contributed by atoms with Gasteiger partial charge in [-0.3, -0.25) is 9.59 Å². The van der Waals surface area contributed by atoms with Crippen LogP contribution in [0, 0.1) is 0 Å². The van der Waals surface area contributed by atoms with E-state index >= 15 is 0 Å². The number of halogens is 1. The van der Waals surface area contributed by atoms with E-state index in [0.717, 1.165) is 31.6 Å². The first-order chi connectivity index (χ1) is 14.0. The predicted octanol–water partition coefficient (Wildman–Crippen LogP) is 4.58. The van der Waals surface area contributed by atoms with Crippen molar-refractivity contribution in [2.75, 3.05) is 0 Å². The number of nitrogens with two attached hydrogens (primary N) is 1. The van der Waals surface area contributed by atoms with Crippen LogP contribution in [0.2, 0.25) is 0 Å². The van der Waals surface area contributed by atoms with Crippen LogP contribution in [0.1, 0.15) is 15.9 Å². The zero-order valence-electron chi connectivity index (χ0n) is 15.6. The molecule has 4 rings (SSSR count). The highest BCUT2D eigenvalue weighted by atomic mass is 79.9. The molecule has 5 heteroatoms. The molecule has 2 amide bonds. The van der Waals surface area contributed by atoms with E-state index in [1.54, 1.807) is 0 Å². The van der Waals surface area contributed by atoms with Crippen molar-refractivity contribution in [2.24, 2.45) is 5.73 Å². The lowest BCUT2D eigenvalue weighted by Gasteiger charge is -2.18. The zero-order chi connectivity index (χ0) is 20.4. The van der Waals surface area contributed by atoms with E-state index in [-0.39, 0.29) is 5.91 Å². The number of hydrogen-bond acceptors (Lipinski definition) is 2. The second kappa shape index (κ2) is 8.05. The van der Waals surface area contributed by atoms with E-state index in [9.17, 15) is 9.59 Å². The van der Waals surface area contributed by atoms with E-state index in [4.69, 9.17) is 5.73 Å². The Labute approximate surface area is 176 Å². The molecule has 4 aromatic carbocycles. The molecule has 0 saturated heterocycles. The van der Waals surface area contributed by atoms with Crippen LogP contribution in [-0.4, -0.2) is 17.9 Å². The van der Waals surface area contributed by atoms with Crippen molar-refractivity contribution >= 4 is 49.3 Å². The summed E-state index contributed by atoms with van der Waals surface area (Å²) >= 11 is 3.43. The largest absolute Gasteiger partial charge is 0.368 e. The van der Waals surface area contributed by atoms with Gasteiger partial charge in [0.05, 0.1) is 5.56 Å². The van der Waals surface area contributed by atoms with Gasteiger partial charge in [-0.15, -0.1) is 0 Å². The molecule has 0 saturated carbocycles. The fourth-order valence-corrected chi connectivity index (χ4v) is 4.06. The number of primary amides is 1. The van der Waals surface area contributed by atoms with Crippen LogP contribution in [0.15, 0.2) is 83.3 Å². The Morgan fingerprint density at radius 2 is 1.48 bits per heavy atom. The van der Waals surface area contributed by atoms with Crippen molar-refractivity contribution in [3.05, 3.63) is 94.5 Å². The fourth-order valence-electron chi connectivity index (χ4n) is 3.61. The molecule has 0 radical (unpaired) electrons. The average molecular weight is 447 g/mol. The first kappa shape index (κ1) is 19.2. The molecule has 0 spiro atoms. The summed E-state index contributed by atoms with van der Waals surface area (Å²) < 4.78 is 0.907. The van der Waals surface area contributed by atoms with Gasteiger partial charge in [-0.25, -0.2) is 0 Å². The van der Waals surface area contributed by atoms with Gasteiger partial charge in [0.15, 0.2) is 0 Å². The van der Waals surface area contributed by atoms with Crippen LogP contribution in [0.25, 0.3) is 21.5 Å². The number of rotatable bonds is 5. The summed E-state index contributed by atoms with van der Waals surface area (Å²) in [4.78, 5) is 25.4. The second-order valence-corrected chi connectivity index (χ2v) is 7.87. The summed E-state index contributed by atoms with van der Waals surface area (Å²) in [5, 5.41) is 6.48. The van der Waals surface area contributed by atoms with E-state index in [0.29, 0.717) is 12.0 Å². The molecule has 0 aliphatic heterocycles. The van der Waals surface area contributed by atoms with Gasteiger partial charge in [0.25, 0.3) is 5.91 Å². The molecular formula is C24H19BrN2O2. The topological polar surface area (TPSA) is 72.2 Å². The minimum Gasteiger partial charge on any atom is -0.368 e. The number of hydrogen-bond donors (Lipinski definition) is 2. The molecule has 0 unspecified atom stereocenters. The van der Waals surface area contributed by atoms with Crippen molar-refractivity contribution in [1.82, 2.24) is 5.32 Å².